The first-order valence-electron chi connectivity index (χ1n) is 7.16. The van der Waals surface area contributed by atoms with Crippen molar-refractivity contribution < 1.29 is 4.79 Å². The van der Waals surface area contributed by atoms with E-state index in [0.29, 0.717) is 17.9 Å². The number of pyridine rings is 1. The number of rotatable bonds is 1. The highest BCUT2D eigenvalue weighted by molar-refractivity contribution is 6.00. The lowest BCUT2D eigenvalue weighted by atomic mass is 9.74. The maximum Gasteiger partial charge on any atom is 0.161 e. The van der Waals surface area contributed by atoms with Crippen LogP contribution in [-0.4, -0.2) is 10.8 Å². The van der Waals surface area contributed by atoms with Gasteiger partial charge in [0.2, 0.25) is 0 Å². The van der Waals surface area contributed by atoms with Gasteiger partial charge in [-0.25, -0.2) is 0 Å². The van der Waals surface area contributed by atoms with Gasteiger partial charge in [-0.1, -0.05) is 13.0 Å². The second kappa shape index (κ2) is 5.17. The SMILES string of the molecule is CC1=C(C#N)C(c2cccnc2)C2=C(CC(C)CC2=O)N1. The molecule has 0 saturated carbocycles. The van der Waals surface area contributed by atoms with E-state index in [1.54, 1.807) is 12.4 Å². The van der Waals surface area contributed by atoms with Gasteiger partial charge in [-0.3, -0.25) is 9.78 Å². The first-order valence-corrected chi connectivity index (χ1v) is 7.16. The molecule has 2 aliphatic rings. The highest BCUT2D eigenvalue weighted by Crippen LogP contribution is 2.42. The Hall–Kier alpha value is -2.41. The summed E-state index contributed by atoms with van der Waals surface area (Å²) in [6, 6.07) is 6.05. The molecule has 2 heterocycles. The van der Waals surface area contributed by atoms with Crippen LogP contribution in [0.3, 0.4) is 0 Å². The number of ketones is 1. The maximum atomic E-state index is 12.5. The molecule has 0 aromatic carbocycles. The Balaban J connectivity index is 2.17. The van der Waals surface area contributed by atoms with E-state index in [-0.39, 0.29) is 11.7 Å². The molecule has 106 valence electrons. The lowest BCUT2D eigenvalue weighted by Crippen LogP contribution is -2.33. The predicted octanol–water partition coefficient (Wildman–Crippen LogP) is 2.82. The summed E-state index contributed by atoms with van der Waals surface area (Å²) >= 11 is 0. The Labute approximate surface area is 124 Å². The normalized spacial score (nSPS) is 25.3. The maximum absolute atomic E-state index is 12.5. The minimum absolute atomic E-state index is 0.144. The standard InChI is InChI=1S/C17H17N3O/c1-10-6-14-17(15(21)7-10)16(12-4-3-5-19-9-12)13(8-18)11(2)20-14/h3-5,9-10,16,20H,6-7H2,1-2H3. The van der Waals surface area contributed by atoms with Crippen molar-refractivity contribution in [3.63, 3.8) is 0 Å². The summed E-state index contributed by atoms with van der Waals surface area (Å²) in [7, 11) is 0. The number of dihydropyridines is 1. The largest absolute Gasteiger partial charge is 0.361 e. The Morgan fingerprint density at radius 2 is 2.24 bits per heavy atom. The van der Waals surface area contributed by atoms with E-state index in [0.717, 1.165) is 29.0 Å². The van der Waals surface area contributed by atoms with Gasteiger partial charge in [0.15, 0.2) is 5.78 Å². The number of nitriles is 1. The van der Waals surface area contributed by atoms with Crippen LogP contribution in [0.15, 0.2) is 47.1 Å². The Morgan fingerprint density at radius 3 is 2.90 bits per heavy atom. The summed E-state index contributed by atoms with van der Waals surface area (Å²) in [4.78, 5) is 16.7. The predicted molar refractivity (Wildman–Crippen MR) is 78.9 cm³/mol. The molecule has 21 heavy (non-hydrogen) atoms. The summed E-state index contributed by atoms with van der Waals surface area (Å²) in [5.74, 6) is 0.208. The van der Waals surface area contributed by atoms with E-state index in [1.807, 2.05) is 19.1 Å². The summed E-state index contributed by atoms with van der Waals surface area (Å²) in [6.07, 6.45) is 4.85. The molecule has 1 aromatic heterocycles. The van der Waals surface area contributed by atoms with Gasteiger partial charge >= 0.3 is 0 Å². The second-order valence-corrected chi connectivity index (χ2v) is 5.82. The number of aromatic nitrogens is 1. The zero-order valence-electron chi connectivity index (χ0n) is 12.2. The highest BCUT2D eigenvalue weighted by Gasteiger charge is 2.37. The molecule has 4 heteroatoms. The van der Waals surface area contributed by atoms with Crippen molar-refractivity contribution in [2.24, 2.45) is 5.92 Å². The van der Waals surface area contributed by atoms with Crippen LogP contribution < -0.4 is 5.32 Å². The molecule has 4 nitrogen and oxygen atoms in total. The fourth-order valence-electron chi connectivity index (χ4n) is 3.26. The molecule has 1 aliphatic carbocycles. The van der Waals surface area contributed by atoms with Gasteiger partial charge in [-0.15, -0.1) is 0 Å². The first-order chi connectivity index (χ1) is 10.1. The summed E-state index contributed by atoms with van der Waals surface area (Å²) in [6.45, 7) is 3.98. The molecule has 0 bridgehead atoms. The number of nitrogens with zero attached hydrogens (tertiary/aromatic N) is 2. The Bertz CT molecular complexity index is 694. The quantitative estimate of drug-likeness (QED) is 0.858. The van der Waals surface area contributed by atoms with Gasteiger partial charge in [0.05, 0.1) is 17.6 Å². The topological polar surface area (TPSA) is 65.8 Å². The number of carbonyl (C=O) groups is 1. The van der Waals surface area contributed by atoms with Crippen molar-refractivity contribution in [3.8, 4) is 6.07 Å². The number of allylic oxidation sites excluding steroid dienone is 4. The average molecular weight is 279 g/mol. The Morgan fingerprint density at radius 1 is 1.43 bits per heavy atom. The molecule has 0 spiro atoms. The number of hydrogen-bond donors (Lipinski definition) is 1. The molecular weight excluding hydrogens is 262 g/mol. The minimum atomic E-state index is -0.278. The molecule has 1 aliphatic heterocycles. The molecule has 1 aromatic rings. The van der Waals surface area contributed by atoms with Gasteiger partial charge in [0, 0.05) is 35.8 Å². The lowest BCUT2D eigenvalue weighted by molar-refractivity contribution is -0.117. The van der Waals surface area contributed by atoms with E-state index < -0.39 is 0 Å². The summed E-state index contributed by atoms with van der Waals surface area (Å²) in [5.41, 5.74) is 4.09. The molecular formula is C17H17N3O. The van der Waals surface area contributed by atoms with Crippen LogP contribution in [0.4, 0.5) is 0 Å². The number of Topliss-reactive ketones (excluding diaryl/α,β-unsaturated/α-hetero) is 1. The zero-order chi connectivity index (χ0) is 15.0. The number of carbonyl (C=O) groups excluding carboxylic acids is 1. The van der Waals surface area contributed by atoms with Crippen molar-refractivity contribution in [3.05, 3.63) is 52.6 Å². The fraction of sp³-hybridized carbons (Fsp3) is 0.353. The van der Waals surface area contributed by atoms with Gasteiger partial charge < -0.3 is 5.32 Å². The molecule has 2 unspecified atom stereocenters. The van der Waals surface area contributed by atoms with Gasteiger partial charge in [0.1, 0.15) is 0 Å². The van der Waals surface area contributed by atoms with Crippen molar-refractivity contribution in [1.29, 1.82) is 5.26 Å². The zero-order valence-corrected chi connectivity index (χ0v) is 12.2. The van der Waals surface area contributed by atoms with Crippen LogP contribution in [0.5, 0.6) is 0 Å². The van der Waals surface area contributed by atoms with Crippen LogP contribution >= 0.6 is 0 Å². The lowest BCUT2D eigenvalue weighted by Gasteiger charge is -2.34. The molecule has 1 N–H and O–H groups in total. The van der Waals surface area contributed by atoms with Gasteiger partial charge in [-0.05, 0) is 30.9 Å². The van der Waals surface area contributed by atoms with Crippen LogP contribution in [0.1, 0.15) is 38.2 Å². The van der Waals surface area contributed by atoms with Crippen LogP contribution in [0.2, 0.25) is 0 Å². The van der Waals surface area contributed by atoms with Crippen molar-refractivity contribution in [2.45, 2.75) is 32.6 Å². The molecule has 2 atom stereocenters. The van der Waals surface area contributed by atoms with Crippen molar-refractivity contribution in [1.82, 2.24) is 10.3 Å². The van der Waals surface area contributed by atoms with E-state index in [1.165, 1.54) is 0 Å². The van der Waals surface area contributed by atoms with Crippen LogP contribution in [-0.2, 0) is 4.79 Å². The van der Waals surface area contributed by atoms with E-state index in [9.17, 15) is 10.1 Å². The number of hydrogen-bond acceptors (Lipinski definition) is 4. The average Bonchev–Trinajstić information content (AvgIpc) is 2.46. The molecule has 0 saturated heterocycles. The first kappa shape index (κ1) is 13.6. The van der Waals surface area contributed by atoms with E-state index >= 15 is 0 Å². The van der Waals surface area contributed by atoms with Crippen LogP contribution in [0.25, 0.3) is 0 Å². The third kappa shape index (κ3) is 2.25. The monoisotopic (exact) mass is 279 g/mol. The van der Waals surface area contributed by atoms with E-state index in [4.69, 9.17) is 0 Å². The third-order valence-electron chi connectivity index (χ3n) is 4.17. The molecule has 0 amide bonds. The van der Waals surface area contributed by atoms with Gasteiger partial charge in [0.25, 0.3) is 0 Å². The summed E-state index contributed by atoms with van der Waals surface area (Å²) < 4.78 is 0. The number of nitrogens with one attached hydrogen (secondary N) is 1. The van der Waals surface area contributed by atoms with Crippen molar-refractivity contribution >= 4 is 5.78 Å². The highest BCUT2D eigenvalue weighted by atomic mass is 16.1. The molecule has 3 rings (SSSR count). The fourth-order valence-corrected chi connectivity index (χ4v) is 3.26. The smallest absolute Gasteiger partial charge is 0.161 e. The van der Waals surface area contributed by atoms with Gasteiger partial charge in [-0.2, -0.15) is 5.26 Å². The van der Waals surface area contributed by atoms with Crippen molar-refractivity contribution in [2.75, 3.05) is 0 Å². The van der Waals surface area contributed by atoms with E-state index in [2.05, 4.69) is 23.3 Å². The minimum Gasteiger partial charge on any atom is -0.361 e. The Kier molecular flexibility index (Phi) is 3.34. The molecule has 0 fully saturated rings. The summed E-state index contributed by atoms with van der Waals surface area (Å²) in [5, 5.41) is 12.8. The second-order valence-electron chi connectivity index (χ2n) is 5.82. The third-order valence-corrected chi connectivity index (χ3v) is 4.17. The van der Waals surface area contributed by atoms with Crippen LogP contribution in [0, 0.1) is 17.2 Å². The molecule has 0 radical (unpaired) electrons.